The fraction of sp³-hybridized carbons (Fsp3) is 0.394. The summed E-state index contributed by atoms with van der Waals surface area (Å²) in [6.45, 7) is 8.69. The van der Waals surface area contributed by atoms with Gasteiger partial charge < -0.3 is 15.2 Å². The third-order valence-corrected chi connectivity index (χ3v) is 7.10. The van der Waals surface area contributed by atoms with Crippen LogP contribution < -0.4 is 10.1 Å². The number of nitrogens with zero attached hydrogens (tertiary/aromatic N) is 1. The Morgan fingerprint density at radius 1 is 1.08 bits per heavy atom. The number of carbonyl (C=O) groups is 1. The van der Waals surface area contributed by atoms with Crippen LogP contribution in [0.15, 0.2) is 65.7 Å². The lowest BCUT2D eigenvalue weighted by atomic mass is 9.97. The number of hydrogen-bond donors (Lipinski definition) is 2. The van der Waals surface area contributed by atoms with Crippen molar-refractivity contribution < 1.29 is 19.0 Å². The SMILES string of the molecule is CCC1CCCNC1.CCCCC(=O)c1cc(-c2ccc(O)c(F)c2)ccc1N=C(C)c1ccccc1OC. The summed E-state index contributed by atoms with van der Waals surface area (Å²) in [5.74, 6) is 0.569. The Bertz CT molecular complexity index is 1270. The molecule has 1 fully saturated rings. The van der Waals surface area contributed by atoms with E-state index in [-0.39, 0.29) is 5.78 Å². The summed E-state index contributed by atoms with van der Waals surface area (Å²) in [5.41, 5.74) is 3.90. The van der Waals surface area contributed by atoms with Gasteiger partial charge in [-0.05, 0) is 92.7 Å². The van der Waals surface area contributed by atoms with Crippen molar-refractivity contribution in [3.05, 3.63) is 77.6 Å². The molecule has 3 aromatic carbocycles. The van der Waals surface area contributed by atoms with Crippen molar-refractivity contribution in [2.24, 2.45) is 10.9 Å². The van der Waals surface area contributed by atoms with Crippen LogP contribution in [0.2, 0.25) is 0 Å². The highest BCUT2D eigenvalue weighted by Crippen LogP contribution is 2.31. The summed E-state index contributed by atoms with van der Waals surface area (Å²) in [7, 11) is 1.61. The van der Waals surface area contributed by atoms with E-state index < -0.39 is 11.6 Å². The maximum absolute atomic E-state index is 13.9. The number of hydrogen-bond acceptors (Lipinski definition) is 5. The van der Waals surface area contributed by atoms with Crippen LogP contribution in [-0.4, -0.2) is 36.8 Å². The van der Waals surface area contributed by atoms with Crippen LogP contribution in [0.3, 0.4) is 0 Å². The molecule has 1 heterocycles. The van der Waals surface area contributed by atoms with Crippen LogP contribution in [0.25, 0.3) is 11.1 Å². The van der Waals surface area contributed by atoms with E-state index in [0.29, 0.717) is 34.5 Å². The maximum Gasteiger partial charge on any atom is 0.165 e. The fourth-order valence-electron chi connectivity index (χ4n) is 4.65. The number of ketones is 1. The molecule has 39 heavy (non-hydrogen) atoms. The Morgan fingerprint density at radius 2 is 1.82 bits per heavy atom. The lowest BCUT2D eigenvalue weighted by Crippen LogP contribution is -2.29. The molecule has 4 rings (SSSR count). The average Bonchev–Trinajstić information content (AvgIpc) is 2.98. The first kappa shape index (κ1) is 30.0. The van der Waals surface area contributed by atoms with Gasteiger partial charge in [-0.3, -0.25) is 9.79 Å². The number of ether oxygens (including phenoxy) is 1. The number of nitrogens with one attached hydrogen (secondary N) is 1. The maximum atomic E-state index is 13.9. The lowest BCUT2D eigenvalue weighted by molar-refractivity contribution is 0.0980. The third kappa shape index (κ3) is 8.49. The number of methoxy groups -OCH3 is 1. The largest absolute Gasteiger partial charge is 0.505 e. The van der Waals surface area contributed by atoms with Crippen molar-refractivity contribution in [3.63, 3.8) is 0 Å². The van der Waals surface area contributed by atoms with Gasteiger partial charge >= 0.3 is 0 Å². The van der Waals surface area contributed by atoms with Crippen molar-refractivity contribution in [1.29, 1.82) is 0 Å². The zero-order valence-electron chi connectivity index (χ0n) is 23.6. The normalized spacial score (nSPS) is 15.3. The van der Waals surface area contributed by atoms with Crippen LogP contribution in [-0.2, 0) is 0 Å². The van der Waals surface area contributed by atoms with Crippen LogP contribution >= 0.6 is 0 Å². The molecular formula is C33H41FN2O3. The second kappa shape index (κ2) is 15.2. The Labute approximate surface area is 232 Å². The lowest BCUT2D eigenvalue weighted by Gasteiger charge is -2.20. The van der Waals surface area contributed by atoms with E-state index in [1.807, 2.05) is 38.1 Å². The number of halogens is 1. The highest BCUT2D eigenvalue weighted by atomic mass is 19.1. The van der Waals surface area contributed by atoms with Crippen LogP contribution in [0.5, 0.6) is 11.5 Å². The van der Waals surface area contributed by atoms with E-state index in [1.165, 1.54) is 44.5 Å². The molecule has 1 aliphatic heterocycles. The van der Waals surface area contributed by atoms with Gasteiger partial charge in [-0.15, -0.1) is 0 Å². The fourth-order valence-corrected chi connectivity index (χ4v) is 4.65. The topological polar surface area (TPSA) is 70.9 Å². The Morgan fingerprint density at radius 3 is 2.46 bits per heavy atom. The zero-order valence-corrected chi connectivity index (χ0v) is 23.6. The van der Waals surface area contributed by atoms with Crippen molar-refractivity contribution in [2.45, 2.75) is 59.3 Å². The van der Waals surface area contributed by atoms with Crippen molar-refractivity contribution in [2.75, 3.05) is 20.2 Å². The van der Waals surface area contributed by atoms with Gasteiger partial charge in [0, 0.05) is 23.3 Å². The highest BCUT2D eigenvalue weighted by Gasteiger charge is 2.15. The van der Waals surface area contributed by atoms with E-state index in [4.69, 9.17) is 9.73 Å². The van der Waals surface area contributed by atoms with E-state index in [1.54, 1.807) is 31.4 Å². The van der Waals surface area contributed by atoms with Gasteiger partial charge in [0.05, 0.1) is 12.8 Å². The smallest absolute Gasteiger partial charge is 0.165 e. The first-order valence-corrected chi connectivity index (χ1v) is 13.9. The molecule has 208 valence electrons. The standard InChI is InChI=1S/C26H26FNO3.C7H15N/c1-4-5-9-24(29)21-15-18(19-12-14-25(30)22(27)16-19)11-13-23(21)28-17(2)20-8-6-7-10-26(20)31-3;1-2-7-4-3-5-8-6-7/h6-8,10-16,30H,4-5,9H2,1-3H3;7-8H,2-6H2,1H3. The minimum atomic E-state index is -0.703. The second-order valence-electron chi connectivity index (χ2n) is 9.94. The Hall–Kier alpha value is -3.51. The predicted molar refractivity (Wildman–Crippen MR) is 158 cm³/mol. The van der Waals surface area contributed by atoms with E-state index in [0.717, 1.165) is 30.0 Å². The molecule has 1 atom stereocenters. The van der Waals surface area contributed by atoms with Gasteiger partial charge in [0.1, 0.15) is 5.75 Å². The minimum Gasteiger partial charge on any atom is -0.505 e. The molecule has 3 aromatic rings. The van der Waals surface area contributed by atoms with Gasteiger partial charge in [-0.2, -0.15) is 0 Å². The predicted octanol–water partition coefficient (Wildman–Crippen LogP) is 8.12. The Balaban J connectivity index is 0.000000449. The summed E-state index contributed by atoms with van der Waals surface area (Å²) in [4.78, 5) is 17.7. The second-order valence-corrected chi connectivity index (χ2v) is 9.94. The number of aliphatic imine (C=N–C) groups is 1. The summed E-state index contributed by atoms with van der Waals surface area (Å²) in [6.07, 6.45) is 6.30. The summed E-state index contributed by atoms with van der Waals surface area (Å²) in [5, 5.41) is 12.9. The number of carbonyl (C=O) groups excluding carboxylic acids is 1. The van der Waals surface area contributed by atoms with Gasteiger partial charge in [-0.25, -0.2) is 4.39 Å². The number of benzene rings is 3. The van der Waals surface area contributed by atoms with Gasteiger partial charge in [0.25, 0.3) is 0 Å². The number of unbranched alkanes of at least 4 members (excludes halogenated alkanes) is 1. The summed E-state index contributed by atoms with van der Waals surface area (Å²) in [6, 6.07) is 17.1. The van der Waals surface area contributed by atoms with Gasteiger partial charge in [0.15, 0.2) is 17.3 Å². The molecule has 0 bridgehead atoms. The molecular weight excluding hydrogens is 491 g/mol. The average molecular weight is 533 g/mol. The molecule has 1 unspecified atom stereocenters. The molecule has 0 amide bonds. The summed E-state index contributed by atoms with van der Waals surface area (Å²) >= 11 is 0. The number of phenolic OH excluding ortho intramolecular Hbond substituents is 1. The number of phenols is 1. The van der Waals surface area contributed by atoms with Crippen LogP contribution in [0.4, 0.5) is 10.1 Å². The minimum absolute atomic E-state index is 0.00507. The Kier molecular flexibility index (Phi) is 11.7. The van der Waals surface area contributed by atoms with Crippen LogP contribution in [0, 0.1) is 11.7 Å². The monoisotopic (exact) mass is 532 g/mol. The molecule has 0 spiro atoms. The number of rotatable bonds is 9. The van der Waals surface area contributed by atoms with Crippen molar-refractivity contribution in [1.82, 2.24) is 5.32 Å². The summed E-state index contributed by atoms with van der Waals surface area (Å²) < 4.78 is 19.3. The molecule has 2 N–H and O–H groups in total. The van der Waals surface area contributed by atoms with E-state index in [9.17, 15) is 14.3 Å². The number of aromatic hydroxyl groups is 1. The molecule has 0 aromatic heterocycles. The molecule has 1 saturated heterocycles. The van der Waals surface area contributed by atoms with Crippen molar-refractivity contribution in [3.8, 4) is 22.6 Å². The number of Topliss-reactive ketones (excluding diaryl/α,β-unsaturated/α-hetero) is 1. The molecule has 1 aliphatic rings. The molecule has 5 nitrogen and oxygen atoms in total. The van der Waals surface area contributed by atoms with Crippen molar-refractivity contribution >= 4 is 17.2 Å². The first-order chi connectivity index (χ1) is 18.9. The van der Waals surface area contributed by atoms with Gasteiger partial charge in [0.2, 0.25) is 0 Å². The molecule has 0 radical (unpaired) electrons. The number of para-hydroxylation sites is 1. The van der Waals surface area contributed by atoms with E-state index >= 15 is 0 Å². The first-order valence-electron chi connectivity index (χ1n) is 13.9. The van der Waals surface area contributed by atoms with E-state index in [2.05, 4.69) is 12.2 Å². The molecule has 0 saturated carbocycles. The zero-order chi connectivity index (χ0) is 28.2. The van der Waals surface area contributed by atoms with Gasteiger partial charge in [-0.1, -0.05) is 51.0 Å². The molecule has 0 aliphatic carbocycles. The van der Waals surface area contributed by atoms with Crippen LogP contribution in [0.1, 0.15) is 75.2 Å². The highest BCUT2D eigenvalue weighted by molar-refractivity contribution is 6.06. The third-order valence-electron chi connectivity index (χ3n) is 7.10. The number of piperidine rings is 1. The molecule has 6 heteroatoms. The quantitative estimate of drug-likeness (QED) is 0.216.